The molecule has 0 radical (unpaired) electrons. The standard InChI is InChI=1S/C22H33NO/c1-5-21-20(16(2)3)9-8-18-13-19(10-11-22(18,21)4)24-15-17-7-6-12-23-14-17/h6-8,12,14,16,19-21H,5,9-11,13,15H2,1-4H3/t19-,20?,21?,22-/m0/s1. The lowest BCUT2D eigenvalue weighted by Gasteiger charge is -2.51. The fraction of sp³-hybridized carbons (Fsp3) is 0.682. The highest BCUT2D eigenvalue weighted by Gasteiger charge is 2.46. The maximum Gasteiger partial charge on any atom is 0.0735 e. The van der Waals surface area contributed by atoms with E-state index in [0.717, 1.165) is 24.2 Å². The predicted octanol–water partition coefficient (Wildman–Crippen LogP) is 5.79. The fourth-order valence-corrected chi connectivity index (χ4v) is 5.19. The molecule has 2 aliphatic carbocycles. The molecule has 1 saturated carbocycles. The maximum atomic E-state index is 6.23. The Kier molecular flexibility index (Phi) is 5.44. The van der Waals surface area contributed by atoms with Crippen LogP contribution in [0, 0.1) is 23.2 Å². The number of nitrogens with zero attached hydrogens (tertiary/aromatic N) is 1. The predicted molar refractivity (Wildman–Crippen MR) is 99.6 cm³/mol. The zero-order valence-electron chi connectivity index (χ0n) is 15.8. The first-order valence-corrected chi connectivity index (χ1v) is 9.74. The van der Waals surface area contributed by atoms with Crippen LogP contribution in [0.4, 0.5) is 0 Å². The molecule has 2 unspecified atom stereocenters. The summed E-state index contributed by atoms with van der Waals surface area (Å²) in [6, 6.07) is 4.08. The van der Waals surface area contributed by atoms with E-state index in [9.17, 15) is 0 Å². The van der Waals surface area contributed by atoms with Crippen molar-refractivity contribution in [3.8, 4) is 0 Å². The van der Waals surface area contributed by atoms with E-state index in [4.69, 9.17) is 4.74 Å². The Bertz CT molecular complexity index is 565. The van der Waals surface area contributed by atoms with E-state index in [1.165, 1.54) is 31.2 Å². The van der Waals surface area contributed by atoms with Crippen LogP contribution in [0.3, 0.4) is 0 Å². The molecule has 4 atom stereocenters. The smallest absolute Gasteiger partial charge is 0.0735 e. The average Bonchev–Trinajstić information content (AvgIpc) is 2.59. The molecule has 0 aromatic carbocycles. The molecule has 132 valence electrons. The van der Waals surface area contributed by atoms with Crippen LogP contribution in [-0.2, 0) is 11.3 Å². The lowest BCUT2D eigenvalue weighted by atomic mass is 9.54. The van der Waals surface area contributed by atoms with Crippen molar-refractivity contribution in [2.24, 2.45) is 23.2 Å². The van der Waals surface area contributed by atoms with Crippen LogP contribution >= 0.6 is 0 Å². The fourth-order valence-electron chi connectivity index (χ4n) is 5.19. The number of aromatic nitrogens is 1. The number of allylic oxidation sites excluding steroid dienone is 1. The Morgan fingerprint density at radius 1 is 1.38 bits per heavy atom. The number of rotatable bonds is 5. The van der Waals surface area contributed by atoms with Gasteiger partial charge < -0.3 is 4.74 Å². The zero-order valence-corrected chi connectivity index (χ0v) is 15.8. The van der Waals surface area contributed by atoms with E-state index >= 15 is 0 Å². The summed E-state index contributed by atoms with van der Waals surface area (Å²) in [5.74, 6) is 2.46. The molecule has 1 aromatic rings. The largest absolute Gasteiger partial charge is 0.373 e. The number of fused-ring (bicyclic) bond motifs is 1. The number of hydrogen-bond donors (Lipinski definition) is 0. The van der Waals surface area contributed by atoms with E-state index in [0.29, 0.717) is 18.1 Å². The van der Waals surface area contributed by atoms with Crippen LogP contribution < -0.4 is 0 Å². The van der Waals surface area contributed by atoms with Gasteiger partial charge in [0.15, 0.2) is 0 Å². The lowest BCUT2D eigenvalue weighted by molar-refractivity contribution is -0.0134. The van der Waals surface area contributed by atoms with Crippen LogP contribution in [0.2, 0.25) is 0 Å². The van der Waals surface area contributed by atoms with Crippen molar-refractivity contribution in [1.82, 2.24) is 4.98 Å². The van der Waals surface area contributed by atoms with Crippen molar-refractivity contribution < 1.29 is 4.74 Å². The Hall–Kier alpha value is -1.15. The van der Waals surface area contributed by atoms with Crippen LogP contribution in [0.15, 0.2) is 36.2 Å². The van der Waals surface area contributed by atoms with Crippen molar-refractivity contribution >= 4 is 0 Å². The van der Waals surface area contributed by atoms with Crippen LogP contribution in [0.1, 0.15) is 65.4 Å². The summed E-state index contributed by atoms with van der Waals surface area (Å²) in [6.07, 6.45) is 12.8. The number of pyridine rings is 1. The van der Waals surface area contributed by atoms with E-state index in [2.05, 4.69) is 44.8 Å². The normalized spacial score (nSPS) is 33.2. The summed E-state index contributed by atoms with van der Waals surface area (Å²) in [4.78, 5) is 4.18. The van der Waals surface area contributed by atoms with E-state index in [-0.39, 0.29) is 0 Å². The van der Waals surface area contributed by atoms with Gasteiger partial charge in [0.1, 0.15) is 0 Å². The molecular weight excluding hydrogens is 294 g/mol. The highest BCUT2D eigenvalue weighted by atomic mass is 16.5. The van der Waals surface area contributed by atoms with Crippen molar-refractivity contribution in [2.75, 3.05) is 0 Å². The van der Waals surface area contributed by atoms with Gasteiger partial charge in [-0.1, -0.05) is 51.8 Å². The third kappa shape index (κ3) is 3.44. The Labute approximate surface area is 147 Å². The van der Waals surface area contributed by atoms with Gasteiger partial charge in [0, 0.05) is 12.4 Å². The molecule has 0 bridgehead atoms. The molecule has 0 saturated heterocycles. The molecule has 0 amide bonds. The third-order valence-electron chi connectivity index (χ3n) is 6.64. The molecule has 0 spiro atoms. The lowest BCUT2D eigenvalue weighted by Crippen LogP contribution is -2.43. The van der Waals surface area contributed by atoms with Gasteiger partial charge in [0.05, 0.1) is 12.7 Å². The van der Waals surface area contributed by atoms with Crippen molar-refractivity contribution in [3.05, 3.63) is 41.7 Å². The Morgan fingerprint density at radius 3 is 2.88 bits per heavy atom. The molecule has 2 aliphatic rings. The van der Waals surface area contributed by atoms with Crippen molar-refractivity contribution in [2.45, 2.75) is 72.5 Å². The molecule has 2 nitrogen and oxygen atoms in total. The highest BCUT2D eigenvalue weighted by molar-refractivity contribution is 5.23. The van der Waals surface area contributed by atoms with Crippen LogP contribution in [0.5, 0.6) is 0 Å². The minimum Gasteiger partial charge on any atom is -0.373 e. The molecule has 3 rings (SSSR count). The summed E-state index contributed by atoms with van der Waals surface area (Å²) in [6.45, 7) is 10.4. The second kappa shape index (κ2) is 7.39. The first kappa shape index (κ1) is 17.7. The van der Waals surface area contributed by atoms with E-state index in [1.54, 1.807) is 5.57 Å². The van der Waals surface area contributed by atoms with Gasteiger partial charge in [0.2, 0.25) is 0 Å². The minimum atomic E-state index is 0.373. The molecule has 0 N–H and O–H groups in total. The first-order valence-electron chi connectivity index (χ1n) is 9.74. The van der Waals surface area contributed by atoms with Crippen molar-refractivity contribution in [3.63, 3.8) is 0 Å². The summed E-state index contributed by atoms with van der Waals surface area (Å²) in [7, 11) is 0. The van der Waals surface area contributed by atoms with Crippen molar-refractivity contribution in [1.29, 1.82) is 0 Å². The summed E-state index contributed by atoms with van der Waals surface area (Å²) in [5.41, 5.74) is 3.25. The maximum absolute atomic E-state index is 6.23. The molecule has 0 aliphatic heterocycles. The van der Waals surface area contributed by atoms with Gasteiger partial charge in [-0.3, -0.25) is 4.98 Å². The van der Waals surface area contributed by atoms with Crippen LogP contribution in [0.25, 0.3) is 0 Å². The van der Waals surface area contributed by atoms with E-state index in [1.807, 2.05) is 18.5 Å². The quantitative estimate of drug-likeness (QED) is 0.639. The molecular formula is C22H33NO. The number of ether oxygens (including phenoxy) is 1. The van der Waals surface area contributed by atoms with Gasteiger partial charge in [-0.2, -0.15) is 0 Å². The van der Waals surface area contributed by atoms with Gasteiger partial charge in [-0.05, 0) is 60.5 Å². The molecule has 1 aromatic heterocycles. The van der Waals surface area contributed by atoms with Gasteiger partial charge >= 0.3 is 0 Å². The van der Waals surface area contributed by atoms with E-state index < -0.39 is 0 Å². The minimum absolute atomic E-state index is 0.373. The van der Waals surface area contributed by atoms with Gasteiger partial charge in [-0.15, -0.1) is 0 Å². The molecule has 2 heteroatoms. The van der Waals surface area contributed by atoms with Gasteiger partial charge in [0.25, 0.3) is 0 Å². The second-order valence-corrected chi connectivity index (χ2v) is 8.34. The molecule has 1 fully saturated rings. The van der Waals surface area contributed by atoms with Crippen LogP contribution in [-0.4, -0.2) is 11.1 Å². The molecule has 1 heterocycles. The first-order chi connectivity index (χ1) is 11.5. The SMILES string of the molecule is CCC1C(C(C)C)CC=C2C[C@@H](OCc3cccnc3)CC[C@@]21C. The second-order valence-electron chi connectivity index (χ2n) is 8.34. The Morgan fingerprint density at radius 2 is 2.21 bits per heavy atom. The summed E-state index contributed by atoms with van der Waals surface area (Å²) in [5, 5.41) is 0. The average molecular weight is 328 g/mol. The summed E-state index contributed by atoms with van der Waals surface area (Å²) < 4.78 is 6.23. The third-order valence-corrected chi connectivity index (χ3v) is 6.64. The highest BCUT2D eigenvalue weighted by Crippen LogP contribution is 2.55. The number of hydrogen-bond acceptors (Lipinski definition) is 2. The topological polar surface area (TPSA) is 22.1 Å². The Balaban J connectivity index is 1.67. The molecule has 24 heavy (non-hydrogen) atoms. The monoisotopic (exact) mass is 327 g/mol. The summed E-state index contributed by atoms with van der Waals surface area (Å²) >= 11 is 0. The zero-order chi connectivity index (χ0) is 17.2. The van der Waals surface area contributed by atoms with Gasteiger partial charge in [-0.25, -0.2) is 0 Å².